The molecule has 32 heavy (non-hydrogen) atoms. The van der Waals surface area contributed by atoms with Gasteiger partial charge in [0, 0.05) is 33.8 Å². The number of hydrogen-bond acceptors (Lipinski definition) is 3. The minimum Gasteiger partial charge on any atom is -0.507 e. The maximum atomic E-state index is 14.2. The van der Waals surface area contributed by atoms with E-state index >= 15 is 0 Å². The molecule has 0 amide bonds. The highest BCUT2D eigenvalue weighted by atomic mass is 19.2. The lowest BCUT2D eigenvalue weighted by Gasteiger charge is -2.45. The molecule has 1 aliphatic heterocycles. The standard InChI is InChI=1S/C25H27F2NO4/c1-23(2,22(30)31)12-25(5)20-19-17(7-6-8-18(19)29)28(21(20)24(3,4)13-32-25)14-9-10-15(26)16(27)11-14/h6-11,29H,12-13H2,1-5H3,(H,30,31)/t25-/m1/s1. The van der Waals surface area contributed by atoms with E-state index in [2.05, 4.69) is 0 Å². The molecule has 4 rings (SSSR count). The first-order valence-corrected chi connectivity index (χ1v) is 10.5. The number of halogens is 2. The highest BCUT2D eigenvalue weighted by Gasteiger charge is 2.49. The van der Waals surface area contributed by atoms with E-state index in [9.17, 15) is 23.8 Å². The predicted molar refractivity (Wildman–Crippen MR) is 117 cm³/mol. The Bertz CT molecular complexity index is 1240. The Morgan fingerprint density at radius 3 is 2.47 bits per heavy atom. The number of hydrogen-bond donors (Lipinski definition) is 2. The zero-order chi connectivity index (χ0) is 23.6. The smallest absolute Gasteiger partial charge is 0.309 e. The number of phenols is 1. The Morgan fingerprint density at radius 1 is 1.16 bits per heavy atom. The minimum absolute atomic E-state index is 0.0146. The fourth-order valence-electron chi connectivity index (χ4n) is 4.91. The summed E-state index contributed by atoms with van der Waals surface area (Å²) in [6.45, 7) is 9.33. The van der Waals surface area contributed by atoms with E-state index in [-0.39, 0.29) is 18.8 Å². The van der Waals surface area contributed by atoms with Crippen LogP contribution in [0.4, 0.5) is 8.78 Å². The van der Waals surface area contributed by atoms with E-state index in [0.717, 1.165) is 17.8 Å². The largest absolute Gasteiger partial charge is 0.507 e. The maximum absolute atomic E-state index is 14.2. The number of carbonyl (C=O) groups is 1. The van der Waals surface area contributed by atoms with Crippen molar-refractivity contribution in [3.05, 3.63) is 59.3 Å². The monoisotopic (exact) mass is 443 g/mol. The number of nitrogens with zero attached hydrogens (tertiary/aromatic N) is 1. The van der Waals surface area contributed by atoms with Gasteiger partial charge >= 0.3 is 5.97 Å². The number of rotatable bonds is 4. The third kappa shape index (κ3) is 3.26. The van der Waals surface area contributed by atoms with E-state index in [4.69, 9.17) is 4.74 Å². The zero-order valence-electron chi connectivity index (χ0n) is 18.8. The molecule has 5 nitrogen and oxygen atoms in total. The van der Waals surface area contributed by atoms with Crippen molar-refractivity contribution in [3.63, 3.8) is 0 Å². The molecular weight excluding hydrogens is 416 g/mol. The summed E-state index contributed by atoms with van der Waals surface area (Å²) >= 11 is 0. The Balaban J connectivity index is 2.12. The quantitative estimate of drug-likeness (QED) is 0.548. The highest BCUT2D eigenvalue weighted by Crippen LogP contribution is 2.53. The first-order chi connectivity index (χ1) is 14.8. The van der Waals surface area contributed by atoms with Crippen LogP contribution < -0.4 is 0 Å². The van der Waals surface area contributed by atoms with Crippen molar-refractivity contribution in [3.8, 4) is 11.4 Å². The van der Waals surface area contributed by atoms with Crippen LogP contribution in [-0.2, 0) is 20.5 Å². The van der Waals surface area contributed by atoms with Gasteiger partial charge in [-0.25, -0.2) is 8.78 Å². The van der Waals surface area contributed by atoms with Gasteiger partial charge in [-0.1, -0.05) is 19.9 Å². The summed E-state index contributed by atoms with van der Waals surface area (Å²) in [7, 11) is 0. The van der Waals surface area contributed by atoms with E-state index in [1.807, 2.05) is 25.3 Å². The summed E-state index contributed by atoms with van der Waals surface area (Å²) in [6.07, 6.45) is 0.156. The number of aromatic hydroxyl groups is 1. The molecule has 0 saturated heterocycles. The van der Waals surface area contributed by atoms with Crippen molar-refractivity contribution in [1.29, 1.82) is 0 Å². The van der Waals surface area contributed by atoms with Gasteiger partial charge in [0.05, 0.1) is 23.1 Å². The first-order valence-electron chi connectivity index (χ1n) is 10.5. The molecule has 0 bridgehead atoms. The lowest BCUT2D eigenvalue weighted by Crippen LogP contribution is -2.45. The molecule has 0 aliphatic carbocycles. The average molecular weight is 443 g/mol. The maximum Gasteiger partial charge on any atom is 0.309 e. The molecule has 0 saturated carbocycles. The molecule has 3 aromatic rings. The third-order valence-electron chi connectivity index (χ3n) is 6.41. The number of carboxylic acid groups (broad SMARTS) is 1. The molecule has 0 fully saturated rings. The second-order valence-electron chi connectivity index (χ2n) is 10.1. The third-order valence-corrected chi connectivity index (χ3v) is 6.41. The molecular formula is C25H27F2NO4. The summed E-state index contributed by atoms with van der Waals surface area (Å²) in [5, 5.41) is 21.2. The molecule has 0 unspecified atom stereocenters. The van der Waals surface area contributed by atoms with Gasteiger partial charge in [-0.15, -0.1) is 0 Å². The molecule has 1 aromatic heterocycles. The lowest BCUT2D eigenvalue weighted by atomic mass is 9.72. The van der Waals surface area contributed by atoms with Gasteiger partial charge in [-0.2, -0.15) is 0 Å². The Kier molecular flexibility index (Phi) is 4.90. The fraction of sp³-hybridized carbons (Fsp3) is 0.400. The summed E-state index contributed by atoms with van der Waals surface area (Å²) in [6, 6.07) is 8.74. The highest BCUT2D eigenvalue weighted by molar-refractivity contribution is 5.94. The Hall–Kier alpha value is -2.93. The number of phenolic OH excluding ortho intramolecular Hbond substituents is 1. The topological polar surface area (TPSA) is 71.7 Å². The molecule has 0 spiro atoms. The SMILES string of the molecule is CC(C)(C[C@@]1(C)OCC(C)(C)c2c1c1c(O)cccc1n2-c1ccc(F)c(F)c1)C(=O)O. The number of benzene rings is 2. The van der Waals surface area contributed by atoms with Crippen LogP contribution in [0.25, 0.3) is 16.6 Å². The zero-order valence-corrected chi connectivity index (χ0v) is 18.8. The number of aromatic nitrogens is 1. The normalized spacial score (nSPS) is 20.3. The van der Waals surface area contributed by atoms with Gasteiger partial charge in [0.1, 0.15) is 5.75 Å². The van der Waals surface area contributed by atoms with Crippen LogP contribution in [0, 0.1) is 17.0 Å². The predicted octanol–water partition coefficient (Wildman–Crippen LogP) is 5.64. The van der Waals surface area contributed by atoms with Crippen LogP contribution in [-0.4, -0.2) is 27.4 Å². The van der Waals surface area contributed by atoms with Crippen LogP contribution in [0.15, 0.2) is 36.4 Å². The number of carboxylic acids is 1. The first kappa shape index (κ1) is 22.3. The van der Waals surface area contributed by atoms with Crippen LogP contribution in [0.3, 0.4) is 0 Å². The molecule has 0 radical (unpaired) electrons. The van der Waals surface area contributed by atoms with Gasteiger partial charge in [0.25, 0.3) is 0 Å². The van der Waals surface area contributed by atoms with E-state index in [0.29, 0.717) is 22.2 Å². The molecule has 1 atom stereocenters. The average Bonchev–Trinajstić information content (AvgIpc) is 3.06. The Labute approximate surface area is 185 Å². The van der Waals surface area contributed by atoms with Crippen molar-refractivity contribution < 1.29 is 28.5 Å². The molecule has 2 aromatic carbocycles. The molecule has 2 heterocycles. The van der Waals surface area contributed by atoms with Crippen LogP contribution in [0.2, 0.25) is 0 Å². The summed E-state index contributed by atoms with van der Waals surface area (Å²) in [4.78, 5) is 11.9. The van der Waals surface area contributed by atoms with Crippen LogP contribution >= 0.6 is 0 Å². The van der Waals surface area contributed by atoms with Crippen molar-refractivity contribution in [2.45, 2.75) is 52.1 Å². The number of fused-ring (bicyclic) bond motifs is 3. The fourth-order valence-corrected chi connectivity index (χ4v) is 4.91. The molecule has 2 N–H and O–H groups in total. The van der Waals surface area contributed by atoms with Crippen LogP contribution in [0.1, 0.15) is 52.3 Å². The van der Waals surface area contributed by atoms with Gasteiger partial charge in [-0.3, -0.25) is 4.79 Å². The van der Waals surface area contributed by atoms with Crippen LogP contribution in [0.5, 0.6) is 5.75 Å². The summed E-state index contributed by atoms with van der Waals surface area (Å²) in [5.41, 5.74) is -0.231. The molecule has 7 heteroatoms. The number of aliphatic carboxylic acids is 1. The van der Waals surface area contributed by atoms with Crippen molar-refractivity contribution in [2.75, 3.05) is 6.61 Å². The van der Waals surface area contributed by atoms with E-state index < -0.39 is 34.0 Å². The van der Waals surface area contributed by atoms with E-state index in [1.165, 1.54) is 6.07 Å². The van der Waals surface area contributed by atoms with Gasteiger partial charge < -0.3 is 19.5 Å². The summed E-state index contributed by atoms with van der Waals surface area (Å²) in [5.74, 6) is -2.86. The van der Waals surface area contributed by atoms with Gasteiger partial charge in [0.2, 0.25) is 0 Å². The lowest BCUT2D eigenvalue weighted by molar-refractivity contribution is -0.155. The van der Waals surface area contributed by atoms with Gasteiger partial charge in [0.15, 0.2) is 11.6 Å². The van der Waals surface area contributed by atoms with E-state index in [1.54, 1.807) is 32.0 Å². The van der Waals surface area contributed by atoms with Crippen molar-refractivity contribution in [1.82, 2.24) is 4.57 Å². The van der Waals surface area contributed by atoms with Gasteiger partial charge in [-0.05, 0) is 51.5 Å². The minimum atomic E-state index is -1.10. The second kappa shape index (κ2) is 7.04. The Morgan fingerprint density at radius 2 is 1.84 bits per heavy atom. The van der Waals surface area contributed by atoms with Crippen molar-refractivity contribution >= 4 is 16.9 Å². The second-order valence-corrected chi connectivity index (χ2v) is 10.1. The molecule has 1 aliphatic rings. The summed E-state index contributed by atoms with van der Waals surface area (Å²) < 4.78 is 36.1. The van der Waals surface area contributed by atoms with Crippen molar-refractivity contribution in [2.24, 2.45) is 5.41 Å². The number of ether oxygens (including phenoxy) is 1. The molecule has 170 valence electrons.